The first-order valence-corrected chi connectivity index (χ1v) is 10.7. The minimum absolute atomic E-state index is 0.407. The van der Waals surface area contributed by atoms with Crippen molar-refractivity contribution in [3.8, 4) is 5.75 Å². The molecule has 1 atom stereocenters. The monoisotopic (exact) mass is 372 g/mol. The number of hydrogen-bond acceptors (Lipinski definition) is 3. The lowest BCUT2D eigenvalue weighted by Crippen LogP contribution is -2.40. The summed E-state index contributed by atoms with van der Waals surface area (Å²) >= 11 is 0. The molecular weight excluding hydrogens is 336 g/mol. The average molecular weight is 373 g/mol. The molecule has 0 amide bonds. The largest absolute Gasteiger partial charge is 0.490 e. The highest BCUT2D eigenvalue weighted by Gasteiger charge is 2.26. The molecule has 1 saturated heterocycles. The van der Waals surface area contributed by atoms with Gasteiger partial charge in [0.2, 0.25) is 0 Å². The van der Waals surface area contributed by atoms with Crippen LogP contribution in [0.2, 0.25) is 0 Å². The van der Waals surface area contributed by atoms with E-state index in [-0.39, 0.29) is 0 Å². The van der Waals surface area contributed by atoms with Crippen LogP contribution < -0.4 is 10.1 Å². The van der Waals surface area contributed by atoms with Crippen LogP contribution in [-0.4, -0.2) is 61.6 Å². The summed E-state index contributed by atoms with van der Waals surface area (Å²) in [5, 5.41) is 3.56. The molecule has 0 radical (unpaired) electrons. The zero-order chi connectivity index (χ0) is 19.1. The molecule has 0 spiro atoms. The number of nitrogens with one attached hydrogen (secondary N) is 1. The molecule has 1 heterocycles. The highest BCUT2D eigenvalue weighted by Crippen LogP contribution is 2.27. The minimum atomic E-state index is 0.407. The van der Waals surface area contributed by atoms with E-state index < -0.39 is 0 Å². The number of likely N-dealkylation sites (tertiary alicyclic amines) is 1. The van der Waals surface area contributed by atoms with Crippen molar-refractivity contribution < 1.29 is 4.74 Å². The fraction of sp³-hybridized carbons (Fsp3) is 0.682. The van der Waals surface area contributed by atoms with Gasteiger partial charge in [-0.3, -0.25) is 4.99 Å². The van der Waals surface area contributed by atoms with E-state index in [1.807, 2.05) is 7.05 Å². The van der Waals surface area contributed by atoms with Crippen molar-refractivity contribution in [2.75, 3.05) is 39.8 Å². The quantitative estimate of drug-likeness (QED) is 0.561. The summed E-state index contributed by atoms with van der Waals surface area (Å²) in [6.45, 7) is 10.9. The highest BCUT2D eigenvalue weighted by molar-refractivity contribution is 5.80. The van der Waals surface area contributed by atoms with Gasteiger partial charge in [0, 0.05) is 38.8 Å². The summed E-state index contributed by atoms with van der Waals surface area (Å²) in [4.78, 5) is 9.47. The maximum absolute atomic E-state index is 6.16. The predicted octanol–water partition coefficient (Wildman–Crippen LogP) is 3.36. The smallest absolute Gasteiger partial charge is 0.193 e. The first-order chi connectivity index (χ1) is 13.2. The second-order valence-corrected chi connectivity index (χ2v) is 7.77. The first-order valence-electron chi connectivity index (χ1n) is 10.7. The van der Waals surface area contributed by atoms with Crippen LogP contribution in [0.4, 0.5) is 0 Å². The van der Waals surface area contributed by atoms with Gasteiger partial charge in [-0.05, 0) is 50.8 Å². The summed E-state index contributed by atoms with van der Waals surface area (Å²) in [7, 11) is 1.89. The normalized spacial score (nSPS) is 20.8. The number of ether oxygens (including phenoxy) is 1. The van der Waals surface area contributed by atoms with Crippen LogP contribution in [-0.2, 0) is 6.54 Å². The molecule has 0 aromatic heterocycles. The fourth-order valence-electron chi connectivity index (χ4n) is 3.96. The van der Waals surface area contributed by atoms with E-state index >= 15 is 0 Å². The Kier molecular flexibility index (Phi) is 7.39. The van der Waals surface area contributed by atoms with E-state index in [0.29, 0.717) is 6.10 Å². The Balaban J connectivity index is 1.53. The van der Waals surface area contributed by atoms with Crippen molar-refractivity contribution in [1.29, 1.82) is 0 Å². The zero-order valence-electron chi connectivity index (χ0n) is 17.3. The van der Waals surface area contributed by atoms with Gasteiger partial charge in [-0.1, -0.05) is 32.0 Å². The summed E-state index contributed by atoms with van der Waals surface area (Å²) in [6.07, 6.45) is 5.32. The number of nitrogens with zero attached hydrogens (tertiary/aromatic N) is 3. The first kappa shape index (κ1) is 20.0. The van der Waals surface area contributed by atoms with Gasteiger partial charge >= 0.3 is 0 Å². The van der Waals surface area contributed by atoms with Crippen molar-refractivity contribution in [2.45, 2.75) is 52.2 Å². The number of hydrogen-bond donors (Lipinski definition) is 1. The molecule has 1 aliphatic carbocycles. The Morgan fingerprint density at radius 2 is 2.00 bits per heavy atom. The Labute approximate surface area is 164 Å². The van der Waals surface area contributed by atoms with E-state index in [1.54, 1.807) is 0 Å². The third kappa shape index (κ3) is 5.38. The topological polar surface area (TPSA) is 40.1 Å². The molecule has 5 nitrogen and oxygen atoms in total. The summed E-state index contributed by atoms with van der Waals surface area (Å²) in [5.41, 5.74) is 1.21. The number of aliphatic imine (C=N–C) groups is 1. The van der Waals surface area contributed by atoms with E-state index in [9.17, 15) is 0 Å². The third-order valence-corrected chi connectivity index (χ3v) is 5.96. The van der Waals surface area contributed by atoms with Gasteiger partial charge in [-0.15, -0.1) is 0 Å². The molecule has 2 aliphatic rings. The van der Waals surface area contributed by atoms with Crippen LogP contribution in [0.25, 0.3) is 0 Å². The molecule has 1 unspecified atom stereocenters. The second-order valence-electron chi connectivity index (χ2n) is 7.77. The van der Waals surface area contributed by atoms with E-state index in [2.05, 4.69) is 58.2 Å². The molecule has 1 aliphatic heterocycles. The van der Waals surface area contributed by atoms with Crippen molar-refractivity contribution in [3.05, 3.63) is 29.8 Å². The summed E-state index contributed by atoms with van der Waals surface area (Å²) in [6, 6.07) is 8.39. The zero-order valence-corrected chi connectivity index (χ0v) is 17.3. The minimum Gasteiger partial charge on any atom is -0.490 e. The summed E-state index contributed by atoms with van der Waals surface area (Å²) < 4.78 is 6.16. The maximum atomic E-state index is 6.16. The van der Waals surface area contributed by atoms with Crippen molar-refractivity contribution in [3.63, 3.8) is 0 Å². The third-order valence-electron chi connectivity index (χ3n) is 5.96. The van der Waals surface area contributed by atoms with Crippen LogP contribution in [0, 0.1) is 5.92 Å². The molecule has 0 bridgehead atoms. The Hall–Kier alpha value is -1.75. The highest BCUT2D eigenvalue weighted by atomic mass is 16.5. The molecule has 1 aromatic carbocycles. The molecule has 150 valence electrons. The summed E-state index contributed by atoms with van der Waals surface area (Å²) in [5.74, 6) is 2.76. The maximum Gasteiger partial charge on any atom is 0.193 e. The van der Waals surface area contributed by atoms with Gasteiger partial charge in [-0.25, -0.2) is 0 Å². The second kappa shape index (κ2) is 9.98. The van der Waals surface area contributed by atoms with Gasteiger partial charge < -0.3 is 19.9 Å². The number of benzene rings is 1. The Morgan fingerprint density at radius 3 is 2.67 bits per heavy atom. The Bertz CT molecular complexity index is 610. The van der Waals surface area contributed by atoms with Crippen molar-refractivity contribution in [2.24, 2.45) is 10.9 Å². The standard InChI is InChI=1S/C22H36N4O/c1-4-25(5-2)16-18-13-14-26(17-18)22(23-3)24-15-19-9-6-7-12-21(19)27-20-10-8-11-20/h6-7,9,12,18,20H,4-5,8,10-11,13-17H2,1-3H3,(H,23,24). The van der Waals surface area contributed by atoms with Crippen molar-refractivity contribution >= 4 is 5.96 Å². The molecule has 3 rings (SSSR count). The number of para-hydroxylation sites is 1. The molecule has 2 fully saturated rings. The molecule has 1 saturated carbocycles. The lowest BCUT2D eigenvalue weighted by Gasteiger charge is -2.28. The van der Waals surface area contributed by atoms with Gasteiger partial charge in [0.25, 0.3) is 0 Å². The molecule has 27 heavy (non-hydrogen) atoms. The van der Waals surface area contributed by atoms with E-state index in [4.69, 9.17) is 4.74 Å². The molecular formula is C22H36N4O. The van der Waals surface area contributed by atoms with Gasteiger partial charge in [0.1, 0.15) is 5.75 Å². The van der Waals surface area contributed by atoms with E-state index in [1.165, 1.54) is 37.8 Å². The molecule has 5 heteroatoms. The van der Waals surface area contributed by atoms with Crippen molar-refractivity contribution in [1.82, 2.24) is 15.1 Å². The number of guanidine groups is 1. The SMILES string of the molecule is CCN(CC)CC1CCN(C(=NC)NCc2ccccc2OC2CCC2)C1. The van der Waals surface area contributed by atoms with Crippen LogP contribution in [0.15, 0.2) is 29.3 Å². The predicted molar refractivity (Wildman–Crippen MR) is 112 cm³/mol. The molecule has 1 N–H and O–H groups in total. The van der Waals surface area contributed by atoms with Gasteiger partial charge in [0.15, 0.2) is 5.96 Å². The average Bonchev–Trinajstić information content (AvgIpc) is 3.12. The van der Waals surface area contributed by atoms with Crippen LogP contribution in [0.1, 0.15) is 45.1 Å². The van der Waals surface area contributed by atoms with Crippen LogP contribution in [0.5, 0.6) is 5.75 Å². The van der Waals surface area contributed by atoms with Gasteiger partial charge in [-0.2, -0.15) is 0 Å². The van der Waals surface area contributed by atoms with E-state index in [0.717, 1.165) is 50.4 Å². The lowest BCUT2D eigenvalue weighted by atomic mass is 9.96. The number of rotatable bonds is 8. The molecule has 1 aromatic rings. The Morgan fingerprint density at radius 1 is 1.22 bits per heavy atom. The van der Waals surface area contributed by atoms with Crippen LogP contribution in [0.3, 0.4) is 0 Å². The fourth-order valence-corrected chi connectivity index (χ4v) is 3.96. The lowest BCUT2D eigenvalue weighted by molar-refractivity contribution is 0.119. The van der Waals surface area contributed by atoms with Crippen LogP contribution >= 0.6 is 0 Å². The van der Waals surface area contributed by atoms with Gasteiger partial charge in [0.05, 0.1) is 6.10 Å².